The van der Waals surface area contributed by atoms with Crippen LogP contribution in [0.5, 0.6) is 5.75 Å². The van der Waals surface area contributed by atoms with E-state index in [-0.39, 0.29) is 12.2 Å². The molecule has 0 N–H and O–H groups in total. The number of thioether (sulfide) groups is 1. The van der Waals surface area contributed by atoms with Gasteiger partial charge in [0.1, 0.15) is 5.75 Å². The highest BCUT2D eigenvalue weighted by molar-refractivity contribution is 7.98. The molecule has 4 rings (SSSR count). The van der Waals surface area contributed by atoms with E-state index in [0.29, 0.717) is 26.4 Å². The minimum atomic E-state index is -0.632. The van der Waals surface area contributed by atoms with E-state index >= 15 is 0 Å². The number of hydrogen-bond acceptors (Lipinski definition) is 7. The number of allylic oxidation sites excluding steroid dienone is 1. The van der Waals surface area contributed by atoms with Crippen molar-refractivity contribution in [2.24, 2.45) is 4.99 Å². The van der Waals surface area contributed by atoms with Crippen molar-refractivity contribution in [2.75, 3.05) is 20.0 Å². The molecule has 2 aromatic carbocycles. The van der Waals surface area contributed by atoms with Crippen molar-refractivity contribution in [2.45, 2.75) is 24.8 Å². The summed E-state index contributed by atoms with van der Waals surface area (Å²) in [5, 5.41) is 0. The molecule has 0 spiro atoms. The van der Waals surface area contributed by atoms with Crippen molar-refractivity contribution in [3.8, 4) is 5.75 Å². The number of carbonyl (C=O) groups excluding carboxylic acids is 1. The number of hydrogen-bond donors (Lipinski definition) is 0. The molecule has 170 valence electrons. The third kappa shape index (κ3) is 4.54. The van der Waals surface area contributed by atoms with Gasteiger partial charge in [-0.3, -0.25) is 9.36 Å². The average molecular weight is 481 g/mol. The number of aromatic nitrogens is 1. The first kappa shape index (κ1) is 23.1. The van der Waals surface area contributed by atoms with Crippen LogP contribution < -0.4 is 19.6 Å². The highest BCUT2D eigenvalue weighted by Gasteiger charge is 2.33. The second-order valence-corrected chi connectivity index (χ2v) is 9.24. The Morgan fingerprint density at radius 2 is 1.88 bits per heavy atom. The maximum atomic E-state index is 13.6. The molecule has 0 bridgehead atoms. The molecular weight excluding hydrogens is 456 g/mol. The van der Waals surface area contributed by atoms with Crippen LogP contribution in [-0.4, -0.2) is 30.5 Å². The molecule has 1 aromatic heterocycles. The van der Waals surface area contributed by atoms with Crippen LogP contribution in [0.25, 0.3) is 6.08 Å². The molecule has 0 aliphatic carbocycles. The van der Waals surface area contributed by atoms with E-state index in [1.165, 1.54) is 11.3 Å². The molecule has 0 saturated carbocycles. The smallest absolute Gasteiger partial charge is 0.338 e. The van der Waals surface area contributed by atoms with E-state index < -0.39 is 12.0 Å². The summed E-state index contributed by atoms with van der Waals surface area (Å²) in [7, 11) is 1.60. The number of carbonyl (C=O) groups is 1. The fourth-order valence-electron chi connectivity index (χ4n) is 3.74. The van der Waals surface area contributed by atoms with Gasteiger partial charge in [0.05, 0.1) is 35.6 Å². The second kappa shape index (κ2) is 9.80. The third-order valence-electron chi connectivity index (χ3n) is 5.36. The summed E-state index contributed by atoms with van der Waals surface area (Å²) in [4.78, 5) is 32.8. The topological polar surface area (TPSA) is 69.9 Å². The van der Waals surface area contributed by atoms with Crippen molar-refractivity contribution >= 4 is 35.1 Å². The third-order valence-corrected chi connectivity index (χ3v) is 7.09. The second-order valence-electron chi connectivity index (χ2n) is 7.35. The van der Waals surface area contributed by atoms with E-state index in [9.17, 15) is 9.59 Å². The zero-order valence-electron chi connectivity index (χ0n) is 18.8. The monoisotopic (exact) mass is 480 g/mol. The van der Waals surface area contributed by atoms with Crippen molar-refractivity contribution in [3.63, 3.8) is 0 Å². The summed E-state index contributed by atoms with van der Waals surface area (Å²) < 4.78 is 12.7. The summed E-state index contributed by atoms with van der Waals surface area (Å²) in [5.41, 5.74) is 2.44. The van der Waals surface area contributed by atoms with Gasteiger partial charge in [-0.25, -0.2) is 9.79 Å². The van der Waals surface area contributed by atoms with Gasteiger partial charge in [0.25, 0.3) is 5.56 Å². The van der Waals surface area contributed by atoms with Crippen LogP contribution in [0.15, 0.2) is 74.5 Å². The molecule has 3 aromatic rings. The van der Waals surface area contributed by atoms with Gasteiger partial charge in [-0.1, -0.05) is 35.6 Å². The molecule has 6 nitrogen and oxygen atoms in total. The standard InChI is InChI=1S/C25H24N2O4S2/c1-5-31-24(29)21-15(2)26-25-27(22(21)17-8-10-18(30-3)11-9-17)23(28)20(33-25)14-16-6-12-19(32-4)13-7-16/h6-14,22H,5H2,1-4H3/b20-14-/t22-/m1/s1. The summed E-state index contributed by atoms with van der Waals surface area (Å²) >= 11 is 2.98. The molecule has 33 heavy (non-hydrogen) atoms. The molecule has 0 radical (unpaired) electrons. The first-order chi connectivity index (χ1) is 16.0. The minimum absolute atomic E-state index is 0.192. The number of methoxy groups -OCH3 is 1. The lowest BCUT2D eigenvalue weighted by Gasteiger charge is -2.24. The maximum Gasteiger partial charge on any atom is 0.338 e. The van der Waals surface area contributed by atoms with Gasteiger partial charge in [-0.2, -0.15) is 0 Å². The Morgan fingerprint density at radius 1 is 1.18 bits per heavy atom. The van der Waals surface area contributed by atoms with Crippen molar-refractivity contribution < 1.29 is 14.3 Å². The number of benzene rings is 2. The molecule has 1 atom stereocenters. The number of esters is 1. The van der Waals surface area contributed by atoms with Crippen LogP contribution in [0.2, 0.25) is 0 Å². The molecular formula is C25H24N2O4S2. The van der Waals surface area contributed by atoms with Crippen LogP contribution in [0.4, 0.5) is 0 Å². The fraction of sp³-hybridized carbons (Fsp3) is 0.240. The summed E-state index contributed by atoms with van der Waals surface area (Å²) in [6, 6.07) is 14.7. The predicted octanol–water partition coefficient (Wildman–Crippen LogP) is 3.53. The number of ether oxygens (including phenoxy) is 2. The molecule has 0 fully saturated rings. The molecule has 0 saturated heterocycles. The van der Waals surface area contributed by atoms with E-state index in [1.54, 1.807) is 37.3 Å². The lowest BCUT2D eigenvalue weighted by molar-refractivity contribution is -0.139. The van der Waals surface area contributed by atoms with Gasteiger partial charge in [-0.05, 0) is 61.6 Å². The molecule has 0 amide bonds. The average Bonchev–Trinajstić information content (AvgIpc) is 3.13. The fourth-order valence-corrected chi connectivity index (χ4v) is 5.20. The SMILES string of the molecule is CCOC(=O)C1=C(C)N=c2s/c(=C\c3ccc(SC)cc3)c(=O)n2[C@@H]1c1ccc(OC)cc1. The summed E-state index contributed by atoms with van der Waals surface area (Å²) in [5.74, 6) is 0.222. The molecule has 8 heteroatoms. The number of thiazole rings is 1. The van der Waals surface area contributed by atoms with Gasteiger partial charge < -0.3 is 9.47 Å². The quantitative estimate of drug-likeness (QED) is 0.399. The van der Waals surface area contributed by atoms with Gasteiger partial charge in [0.2, 0.25) is 0 Å². The van der Waals surface area contributed by atoms with Crippen molar-refractivity contribution in [1.82, 2.24) is 4.57 Å². The zero-order valence-corrected chi connectivity index (χ0v) is 20.5. The largest absolute Gasteiger partial charge is 0.497 e. The van der Waals surface area contributed by atoms with Crippen LogP contribution in [0.3, 0.4) is 0 Å². The highest BCUT2D eigenvalue weighted by atomic mass is 32.2. The Kier molecular flexibility index (Phi) is 6.85. The summed E-state index contributed by atoms with van der Waals surface area (Å²) in [6.45, 7) is 3.77. The predicted molar refractivity (Wildman–Crippen MR) is 132 cm³/mol. The highest BCUT2D eigenvalue weighted by Crippen LogP contribution is 2.31. The van der Waals surface area contributed by atoms with E-state index in [1.807, 2.05) is 60.9 Å². The zero-order chi connectivity index (χ0) is 23.5. The minimum Gasteiger partial charge on any atom is -0.497 e. The lowest BCUT2D eigenvalue weighted by atomic mass is 9.96. The van der Waals surface area contributed by atoms with Gasteiger partial charge in [0.15, 0.2) is 4.80 Å². The maximum absolute atomic E-state index is 13.6. The van der Waals surface area contributed by atoms with Crippen molar-refractivity contribution in [3.05, 3.63) is 90.6 Å². The van der Waals surface area contributed by atoms with Gasteiger partial charge in [-0.15, -0.1) is 11.8 Å². The Hall–Kier alpha value is -3.10. The van der Waals surface area contributed by atoms with Gasteiger partial charge >= 0.3 is 5.97 Å². The van der Waals surface area contributed by atoms with Gasteiger partial charge in [0, 0.05) is 4.90 Å². The first-order valence-electron chi connectivity index (χ1n) is 10.4. The first-order valence-corrected chi connectivity index (χ1v) is 12.5. The Morgan fingerprint density at radius 3 is 2.48 bits per heavy atom. The Labute approximate surface area is 199 Å². The van der Waals surface area contributed by atoms with E-state index in [4.69, 9.17) is 9.47 Å². The number of nitrogens with zero attached hydrogens (tertiary/aromatic N) is 2. The molecule has 2 heterocycles. The molecule has 1 aliphatic rings. The van der Waals surface area contributed by atoms with Crippen LogP contribution in [0.1, 0.15) is 31.0 Å². The molecule has 0 unspecified atom stereocenters. The molecule has 1 aliphatic heterocycles. The normalized spacial score (nSPS) is 15.8. The Balaban J connectivity index is 1.90. The van der Waals surface area contributed by atoms with Crippen LogP contribution >= 0.6 is 23.1 Å². The van der Waals surface area contributed by atoms with E-state index in [2.05, 4.69) is 4.99 Å². The van der Waals surface area contributed by atoms with Crippen molar-refractivity contribution in [1.29, 1.82) is 0 Å². The number of fused-ring (bicyclic) bond motifs is 1. The summed E-state index contributed by atoms with van der Waals surface area (Å²) in [6.07, 6.45) is 3.89. The van der Waals surface area contributed by atoms with E-state index in [0.717, 1.165) is 16.0 Å². The van der Waals surface area contributed by atoms with Crippen LogP contribution in [0, 0.1) is 0 Å². The number of rotatable bonds is 6. The van der Waals surface area contributed by atoms with Crippen LogP contribution in [-0.2, 0) is 9.53 Å². The Bertz CT molecular complexity index is 1380. The lowest BCUT2D eigenvalue weighted by Crippen LogP contribution is -2.39.